The summed E-state index contributed by atoms with van der Waals surface area (Å²) >= 11 is 3.15. The molecule has 1 aromatic rings. The Hall–Kier alpha value is -1.65. The van der Waals surface area contributed by atoms with E-state index in [1.807, 2.05) is 0 Å². The van der Waals surface area contributed by atoms with E-state index >= 15 is 0 Å². The lowest BCUT2D eigenvalue weighted by atomic mass is 10.2. The van der Waals surface area contributed by atoms with E-state index in [4.69, 9.17) is 5.11 Å². The van der Waals surface area contributed by atoms with Gasteiger partial charge in [0.2, 0.25) is 10.0 Å². The molecule has 0 saturated carbocycles. The van der Waals surface area contributed by atoms with Crippen LogP contribution >= 0.6 is 15.9 Å². The van der Waals surface area contributed by atoms with Crippen molar-refractivity contribution in [2.24, 2.45) is 0 Å². The van der Waals surface area contributed by atoms with Gasteiger partial charge in [-0.2, -0.15) is 0 Å². The van der Waals surface area contributed by atoms with Gasteiger partial charge < -0.3 is 15.7 Å². The molecule has 0 aliphatic heterocycles. The normalized spacial score (nSPS) is 11.0. The fourth-order valence-corrected chi connectivity index (χ4v) is 2.28. The lowest BCUT2D eigenvalue weighted by Crippen LogP contribution is -2.36. The Morgan fingerprint density at radius 1 is 1.29 bits per heavy atom. The minimum Gasteiger partial charge on any atom is -0.478 e. The molecular weight excluding hydrogens is 366 g/mol. The average Bonchev–Trinajstić information content (AvgIpc) is 2.36. The SMILES string of the molecule is CS(=O)(=O)NCCNC(=O)Nc1ccc(C(=O)O)cc1Br. The number of sulfonamides is 1. The summed E-state index contributed by atoms with van der Waals surface area (Å²) in [7, 11) is -3.29. The number of carboxylic acids is 1. The second-order valence-corrected chi connectivity index (χ2v) is 6.73. The zero-order chi connectivity index (χ0) is 16.0. The molecule has 0 saturated heterocycles. The number of hydrogen-bond donors (Lipinski definition) is 4. The summed E-state index contributed by atoms with van der Waals surface area (Å²) in [6, 6.07) is 3.63. The minimum atomic E-state index is -3.29. The van der Waals surface area contributed by atoms with Crippen LogP contribution in [0.25, 0.3) is 0 Å². The Labute approximate surface area is 130 Å². The quantitative estimate of drug-likeness (QED) is 0.544. The molecule has 1 aromatic carbocycles. The van der Waals surface area contributed by atoms with Crippen molar-refractivity contribution in [1.29, 1.82) is 0 Å². The van der Waals surface area contributed by atoms with Gasteiger partial charge in [0.15, 0.2) is 0 Å². The van der Waals surface area contributed by atoms with Gasteiger partial charge in [-0.15, -0.1) is 0 Å². The number of anilines is 1. The van der Waals surface area contributed by atoms with Crippen molar-refractivity contribution >= 4 is 43.6 Å². The molecule has 4 N–H and O–H groups in total. The predicted octanol–water partition coefficient (Wildman–Crippen LogP) is 0.818. The van der Waals surface area contributed by atoms with E-state index < -0.39 is 22.0 Å². The largest absolute Gasteiger partial charge is 0.478 e. The molecule has 0 spiro atoms. The zero-order valence-electron chi connectivity index (χ0n) is 11.0. The van der Waals surface area contributed by atoms with Crippen LogP contribution in [0, 0.1) is 0 Å². The monoisotopic (exact) mass is 379 g/mol. The number of hydrogen-bond acceptors (Lipinski definition) is 4. The van der Waals surface area contributed by atoms with Crippen molar-refractivity contribution in [3.8, 4) is 0 Å². The van der Waals surface area contributed by atoms with Crippen LogP contribution in [0.5, 0.6) is 0 Å². The number of carboxylic acid groups (broad SMARTS) is 1. The van der Waals surface area contributed by atoms with Gasteiger partial charge >= 0.3 is 12.0 Å². The van der Waals surface area contributed by atoms with Crippen LogP contribution in [-0.4, -0.2) is 44.9 Å². The van der Waals surface area contributed by atoms with Crippen LogP contribution in [0.3, 0.4) is 0 Å². The molecule has 2 amide bonds. The third-order valence-electron chi connectivity index (χ3n) is 2.24. The maximum Gasteiger partial charge on any atom is 0.335 e. The number of aromatic carboxylic acids is 1. The molecule has 8 nitrogen and oxygen atoms in total. The van der Waals surface area contributed by atoms with Crippen LogP contribution in [0.1, 0.15) is 10.4 Å². The molecule has 0 heterocycles. The molecule has 116 valence electrons. The highest BCUT2D eigenvalue weighted by Gasteiger charge is 2.09. The van der Waals surface area contributed by atoms with E-state index in [1.54, 1.807) is 0 Å². The maximum absolute atomic E-state index is 11.6. The first-order valence-electron chi connectivity index (χ1n) is 5.71. The molecule has 1 rings (SSSR count). The molecule has 0 unspecified atom stereocenters. The molecule has 0 radical (unpaired) electrons. The topological polar surface area (TPSA) is 125 Å². The number of carbonyl (C=O) groups excluding carboxylic acids is 1. The van der Waals surface area contributed by atoms with E-state index in [9.17, 15) is 18.0 Å². The second kappa shape index (κ2) is 7.38. The first-order chi connectivity index (χ1) is 9.69. The first kappa shape index (κ1) is 17.4. The summed E-state index contributed by atoms with van der Waals surface area (Å²) < 4.78 is 24.3. The Balaban J connectivity index is 2.50. The van der Waals surface area contributed by atoms with Gasteiger partial charge in [-0.3, -0.25) is 0 Å². The molecule has 0 aliphatic carbocycles. The fraction of sp³-hybridized carbons (Fsp3) is 0.273. The second-order valence-electron chi connectivity index (χ2n) is 4.05. The van der Waals surface area contributed by atoms with Crippen molar-refractivity contribution in [2.45, 2.75) is 0 Å². The summed E-state index contributed by atoms with van der Waals surface area (Å²) in [6.45, 7) is 0.190. The van der Waals surface area contributed by atoms with Gasteiger partial charge in [0.25, 0.3) is 0 Å². The highest BCUT2D eigenvalue weighted by molar-refractivity contribution is 9.10. The van der Waals surface area contributed by atoms with Crippen molar-refractivity contribution in [2.75, 3.05) is 24.7 Å². The third kappa shape index (κ3) is 6.56. The number of rotatable bonds is 6. The van der Waals surface area contributed by atoms with E-state index in [2.05, 4.69) is 31.3 Å². The molecular formula is C11H14BrN3O5S. The summed E-state index contributed by atoms with van der Waals surface area (Å²) in [5.41, 5.74) is 0.485. The Bertz CT molecular complexity index is 647. The minimum absolute atomic E-state index is 0.0748. The molecule has 0 aliphatic rings. The Morgan fingerprint density at radius 2 is 1.95 bits per heavy atom. The number of carbonyl (C=O) groups is 2. The Kier molecular flexibility index (Phi) is 6.12. The number of amides is 2. The fourth-order valence-electron chi connectivity index (χ4n) is 1.33. The van der Waals surface area contributed by atoms with Gasteiger partial charge in [0, 0.05) is 17.6 Å². The van der Waals surface area contributed by atoms with Crippen LogP contribution in [0.15, 0.2) is 22.7 Å². The van der Waals surface area contributed by atoms with E-state index in [0.717, 1.165) is 6.26 Å². The van der Waals surface area contributed by atoms with Crippen LogP contribution in [0.2, 0.25) is 0 Å². The summed E-state index contributed by atoms with van der Waals surface area (Å²) in [5.74, 6) is -1.07. The van der Waals surface area contributed by atoms with Crippen molar-refractivity contribution in [1.82, 2.24) is 10.0 Å². The molecule has 0 atom stereocenters. The molecule has 10 heteroatoms. The van der Waals surface area contributed by atoms with Gasteiger partial charge in [-0.1, -0.05) is 0 Å². The summed E-state index contributed by atoms with van der Waals surface area (Å²) in [5, 5.41) is 13.8. The van der Waals surface area contributed by atoms with Crippen LogP contribution in [0.4, 0.5) is 10.5 Å². The maximum atomic E-state index is 11.6. The highest BCUT2D eigenvalue weighted by atomic mass is 79.9. The molecule has 0 bridgehead atoms. The van der Waals surface area contributed by atoms with Crippen LogP contribution in [-0.2, 0) is 10.0 Å². The number of nitrogens with one attached hydrogen (secondary N) is 3. The predicted molar refractivity (Wildman–Crippen MR) is 81.0 cm³/mol. The van der Waals surface area contributed by atoms with Gasteiger partial charge in [0.05, 0.1) is 17.5 Å². The van der Waals surface area contributed by atoms with Crippen molar-refractivity contribution in [3.05, 3.63) is 28.2 Å². The summed E-state index contributed by atoms with van der Waals surface area (Å²) in [4.78, 5) is 22.3. The average molecular weight is 380 g/mol. The van der Waals surface area contributed by atoms with Crippen LogP contribution < -0.4 is 15.4 Å². The van der Waals surface area contributed by atoms with Gasteiger partial charge in [0.1, 0.15) is 0 Å². The lowest BCUT2D eigenvalue weighted by molar-refractivity contribution is 0.0697. The Morgan fingerprint density at radius 3 is 2.48 bits per heavy atom. The number of halogens is 1. The number of urea groups is 1. The lowest BCUT2D eigenvalue weighted by Gasteiger charge is -2.09. The molecule has 0 aromatic heterocycles. The number of benzene rings is 1. The summed E-state index contributed by atoms with van der Waals surface area (Å²) in [6.07, 6.45) is 1.02. The van der Waals surface area contributed by atoms with E-state index in [1.165, 1.54) is 18.2 Å². The standard InChI is InChI=1S/C11H14BrN3O5S/c1-21(19,20)14-5-4-13-11(18)15-9-3-2-7(10(16)17)6-8(9)12/h2-3,6,14H,4-5H2,1H3,(H,16,17)(H2,13,15,18). The molecule has 21 heavy (non-hydrogen) atoms. The molecule has 0 fully saturated rings. The highest BCUT2D eigenvalue weighted by Crippen LogP contribution is 2.23. The first-order valence-corrected chi connectivity index (χ1v) is 8.40. The van der Waals surface area contributed by atoms with Gasteiger partial charge in [-0.25, -0.2) is 22.7 Å². The third-order valence-corrected chi connectivity index (χ3v) is 3.62. The van der Waals surface area contributed by atoms with Gasteiger partial charge in [-0.05, 0) is 34.1 Å². The van der Waals surface area contributed by atoms with E-state index in [0.29, 0.717) is 10.2 Å². The van der Waals surface area contributed by atoms with E-state index in [-0.39, 0.29) is 18.7 Å². The smallest absolute Gasteiger partial charge is 0.335 e. The van der Waals surface area contributed by atoms with Crippen molar-refractivity contribution < 1.29 is 23.1 Å². The van der Waals surface area contributed by atoms with Crippen molar-refractivity contribution in [3.63, 3.8) is 0 Å². The zero-order valence-corrected chi connectivity index (χ0v) is 13.4.